The maximum atomic E-state index is 12.5. The Morgan fingerprint density at radius 1 is 0.909 bits per heavy atom. The van der Waals surface area contributed by atoms with Crippen molar-refractivity contribution < 1.29 is 19.1 Å². The van der Waals surface area contributed by atoms with Gasteiger partial charge in [-0.3, -0.25) is 14.6 Å². The molecule has 170 valence electrons. The summed E-state index contributed by atoms with van der Waals surface area (Å²) in [6.07, 6.45) is 4.74. The third kappa shape index (κ3) is 6.55. The number of hydrogen-bond donors (Lipinski definition) is 1. The Balaban J connectivity index is 1.17. The highest BCUT2D eigenvalue weighted by molar-refractivity contribution is 5.80. The van der Waals surface area contributed by atoms with Gasteiger partial charge in [0.25, 0.3) is 5.91 Å². The highest BCUT2D eigenvalue weighted by Gasteiger charge is 2.27. The van der Waals surface area contributed by atoms with Gasteiger partial charge in [0.15, 0.2) is 6.61 Å². The van der Waals surface area contributed by atoms with Crippen LogP contribution < -0.4 is 14.8 Å². The monoisotopic (exact) mass is 445 g/mol. The number of likely N-dealkylation sites (tertiary alicyclic amines) is 1. The van der Waals surface area contributed by atoms with E-state index in [4.69, 9.17) is 9.47 Å². The van der Waals surface area contributed by atoms with Crippen LogP contribution in [-0.2, 0) is 16.1 Å². The van der Waals surface area contributed by atoms with Crippen molar-refractivity contribution >= 4 is 11.8 Å². The molecule has 33 heavy (non-hydrogen) atoms. The van der Waals surface area contributed by atoms with E-state index in [1.54, 1.807) is 29.4 Å². The second-order valence-electron chi connectivity index (χ2n) is 7.91. The molecule has 0 radical (unpaired) electrons. The first kappa shape index (κ1) is 22.3. The van der Waals surface area contributed by atoms with Crippen LogP contribution in [0.1, 0.15) is 18.4 Å². The van der Waals surface area contributed by atoms with E-state index >= 15 is 0 Å². The molecule has 0 saturated carbocycles. The fraction of sp³-hybridized carbons (Fsp3) is 0.269. The lowest BCUT2D eigenvalue weighted by atomic mass is 9.96. The first-order valence-corrected chi connectivity index (χ1v) is 11.1. The Labute approximate surface area is 193 Å². The lowest BCUT2D eigenvalue weighted by Crippen LogP contribution is -2.44. The molecule has 1 aromatic heterocycles. The van der Waals surface area contributed by atoms with Crippen molar-refractivity contribution in [3.63, 3.8) is 0 Å². The van der Waals surface area contributed by atoms with Crippen molar-refractivity contribution in [1.29, 1.82) is 0 Å². The average molecular weight is 446 g/mol. The van der Waals surface area contributed by atoms with E-state index in [1.807, 2.05) is 54.6 Å². The Bertz CT molecular complexity index is 1030. The Morgan fingerprint density at radius 3 is 2.30 bits per heavy atom. The zero-order valence-corrected chi connectivity index (χ0v) is 18.4. The minimum absolute atomic E-state index is 0.0278. The molecule has 3 aromatic rings. The topological polar surface area (TPSA) is 80.8 Å². The summed E-state index contributed by atoms with van der Waals surface area (Å²) in [5.74, 6) is 1.94. The normalized spacial score (nSPS) is 13.9. The number of hydrogen-bond acceptors (Lipinski definition) is 5. The fourth-order valence-electron chi connectivity index (χ4n) is 3.69. The second kappa shape index (κ2) is 11.1. The predicted octanol–water partition coefficient (Wildman–Crippen LogP) is 3.81. The highest BCUT2D eigenvalue weighted by atomic mass is 16.5. The molecule has 1 saturated heterocycles. The Kier molecular flexibility index (Phi) is 7.53. The number of pyridine rings is 1. The van der Waals surface area contributed by atoms with Crippen molar-refractivity contribution in [2.24, 2.45) is 5.92 Å². The van der Waals surface area contributed by atoms with E-state index in [0.29, 0.717) is 44.0 Å². The van der Waals surface area contributed by atoms with E-state index in [-0.39, 0.29) is 24.3 Å². The van der Waals surface area contributed by atoms with E-state index in [9.17, 15) is 9.59 Å². The maximum absolute atomic E-state index is 12.5. The summed E-state index contributed by atoms with van der Waals surface area (Å²) in [5, 5.41) is 2.96. The number of nitrogens with one attached hydrogen (secondary N) is 1. The second-order valence-corrected chi connectivity index (χ2v) is 7.91. The van der Waals surface area contributed by atoms with E-state index in [0.717, 1.165) is 11.3 Å². The van der Waals surface area contributed by atoms with Crippen LogP contribution in [0.2, 0.25) is 0 Å². The van der Waals surface area contributed by atoms with Gasteiger partial charge in [0.05, 0.1) is 0 Å². The van der Waals surface area contributed by atoms with Gasteiger partial charge in [-0.05, 0) is 60.9 Å². The maximum Gasteiger partial charge on any atom is 0.260 e. The molecule has 0 spiro atoms. The van der Waals surface area contributed by atoms with Gasteiger partial charge < -0.3 is 19.7 Å². The predicted molar refractivity (Wildman–Crippen MR) is 124 cm³/mol. The number of rotatable bonds is 8. The van der Waals surface area contributed by atoms with Gasteiger partial charge >= 0.3 is 0 Å². The van der Waals surface area contributed by atoms with E-state index < -0.39 is 0 Å². The van der Waals surface area contributed by atoms with Crippen LogP contribution >= 0.6 is 0 Å². The molecule has 0 atom stereocenters. The summed E-state index contributed by atoms with van der Waals surface area (Å²) in [5.41, 5.74) is 0.968. The van der Waals surface area contributed by atoms with Gasteiger partial charge in [0.1, 0.15) is 17.2 Å². The lowest BCUT2D eigenvalue weighted by Gasteiger charge is -2.31. The molecule has 1 aliphatic rings. The van der Waals surface area contributed by atoms with Gasteiger partial charge in [-0.2, -0.15) is 0 Å². The fourth-order valence-corrected chi connectivity index (χ4v) is 3.69. The number of amides is 2. The van der Waals surface area contributed by atoms with Crippen molar-refractivity contribution in [3.8, 4) is 17.2 Å². The molecule has 2 heterocycles. The standard InChI is InChI=1S/C26H27N3O4/c30-25(19-32-22-8-10-24(11-9-22)33-23-6-2-1-3-7-23)29-15-12-21(13-16-29)26(31)28-18-20-5-4-14-27-17-20/h1-11,14,17,21H,12-13,15-16,18-19H2,(H,28,31). The van der Waals surface area contributed by atoms with Crippen molar-refractivity contribution in [1.82, 2.24) is 15.2 Å². The molecular weight excluding hydrogens is 418 g/mol. The van der Waals surface area contributed by atoms with Gasteiger partial charge in [0.2, 0.25) is 5.91 Å². The van der Waals surface area contributed by atoms with E-state index in [1.165, 1.54) is 0 Å². The van der Waals surface area contributed by atoms with E-state index in [2.05, 4.69) is 10.3 Å². The van der Waals surface area contributed by atoms with Crippen molar-refractivity contribution in [3.05, 3.63) is 84.7 Å². The molecule has 0 aliphatic carbocycles. The molecule has 2 amide bonds. The number of aromatic nitrogens is 1. The first-order valence-electron chi connectivity index (χ1n) is 11.1. The third-order valence-corrected chi connectivity index (χ3v) is 5.57. The largest absolute Gasteiger partial charge is 0.484 e. The zero-order chi connectivity index (χ0) is 22.9. The van der Waals surface area contributed by atoms with Gasteiger partial charge in [0, 0.05) is 37.9 Å². The Hall–Kier alpha value is -3.87. The average Bonchev–Trinajstić information content (AvgIpc) is 2.88. The molecule has 1 aliphatic heterocycles. The quantitative estimate of drug-likeness (QED) is 0.570. The SMILES string of the molecule is O=C(NCc1cccnc1)C1CCN(C(=O)COc2ccc(Oc3ccccc3)cc2)CC1. The van der Waals surface area contributed by atoms with Crippen LogP contribution in [-0.4, -0.2) is 41.4 Å². The summed E-state index contributed by atoms with van der Waals surface area (Å²) in [7, 11) is 0. The first-order chi connectivity index (χ1) is 16.2. The van der Waals surface area contributed by atoms with Crippen LogP contribution in [0.3, 0.4) is 0 Å². The van der Waals surface area contributed by atoms with Gasteiger partial charge in [-0.25, -0.2) is 0 Å². The third-order valence-electron chi connectivity index (χ3n) is 5.57. The van der Waals surface area contributed by atoms with Crippen LogP contribution in [0.15, 0.2) is 79.1 Å². The van der Waals surface area contributed by atoms with Crippen molar-refractivity contribution in [2.45, 2.75) is 19.4 Å². The van der Waals surface area contributed by atoms with Crippen LogP contribution in [0.4, 0.5) is 0 Å². The smallest absolute Gasteiger partial charge is 0.260 e. The zero-order valence-electron chi connectivity index (χ0n) is 18.4. The van der Waals surface area contributed by atoms with Crippen LogP contribution in [0, 0.1) is 5.92 Å². The number of nitrogens with zero attached hydrogens (tertiary/aromatic N) is 2. The molecule has 4 rings (SSSR count). The summed E-state index contributed by atoms with van der Waals surface area (Å²) in [4.78, 5) is 30.8. The van der Waals surface area contributed by atoms with Crippen LogP contribution in [0.25, 0.3) is 0 Å². The molecular formula is C26H27N3O4. The molecule has 1 fully saturated rings. The summed E-state index contributed by atoms with van der Waals surface area (Å²) in [6, 6.07) is 20.5. The van der Waals surface area contributed by atoms with Gasteiger partial charge in [-0.15, -0.1) is 0 Å². The molecule has 0 bridgehead atoms. The molecule has 2 aromatic carbocycles. The number of benzene rings is 2. The number of para-hydroxylation sites is 1. The minimum Gasteiger partial charge on any atom is -0.484 e. The summed E-state index contributed by atoms with van der Waals surface area (Å²) in [6.45, 7) is 1.54. The number of ether oxygens (including phenoxy) is 2. The molecule has 7 heteroatoms. The highest BCUT2D eigenvalue weighted by Crippen LogP contribution is 2.24. The van der Waals surface area contributed by atoms with Crippen molar-refractivity contribution in [2.75, 3.05) is 19.7 Å². The number of piperidine rings is 1. The minimum atomic E-state index is -0.0798. The Morgan fingerprint density at radius 2 is 1.61 bits per heavy atom. The summed E-state index contributed by atoms with van der Waals surface area (Å²) < 4.78 is 11.4. The van der Waals surface area contributed by atoms with Crippen LogP contribution in [0.5, 0.6) is 17.2 Å². The molecule has 7 nitrogen and oxygen atoms in total. The number of carbonyl (C=O) groups is 2. The van der Waals surface area contributed by atoms with Gasteiger partial charge in [-0.1, -0.05) is 24.3 Å². The summed E-state index contributed by atoms with van der Waals surface area (Å²) >= 11 is 0. The number of carbonyl (C=O) groups excluding carboxylic acids is 2. The lowest BCUT2D eigenvalue weighted by molar-refractivity contribution is -0.137. The molecule has 0 unspecified atom stereocenters. The molecule has 1 N–H and O–H groups in total.